The predicted octanol–water partition coefficient (Wildman–Crippen LogP) is 2.57. The lowest BCUT2D eigenvalue weighted by atomic mass is 9.94. The van der Waals surface area contributed by atoms with Crippen LogP contribution in [0.3, 0.4) is 0 Å². The monoisotopic (exact) mass is 300 g/mol. The molecule has 1 aliphatic carbocycles. The van der Waals surface area contributed by atoms with Crippen molar-refractivity contribution in [3.05, 3.63) is 0 Å². The molecule has 5 heteroatoms. The van der Waals surface area contributed by atoms with Gasteiger partial charge in [0.05, 0.1) is 5.60 Å². The zero-order chi connectivity index (χ0) is 15.9. The van der Waals surface area contributed by atoms with Gasteiger partial charge in [-0.1, -0.05) is 25.7 Å². The number of amides is 1. The van der Waals surface area contributed by atoms with Crippen LogP contribution >= 0.6 is 0 Å². The van der Waals surface area contributed by atoms with Crippen molar-refractivity contribution in [1.82, 2.24) is 10.6 Å². The second-order valence-corrected chi connectivity index (χ2v) is 7.30. The Morgan fingerprint density at radius 3 is 2.33 bits per heavy atom. The highest BCUT2D eigenvalue weighted by Gasteiger charge is 2.28. The summed E-state index contributed by atoms with van der Waals surface area (Å²) in [5.74, 6) is 0. The van der Waals surface area contributed by atoms with E-state index in [1.807, 2.05) is 27.7 Å². The van der Waals surface area contributed by atoms with Gasteiger partial charge in [-0.3, -0.25) is 0 Å². The number of alkyl carbamates (subject to hydrolysis) is 1. The van der Waals surface area contributed by atoms with E-state index < -0.39 is 17.3 Å². The Balaban J connectivity index is 2.24. The fourth-order valence-corrected chi connectivity index (χ4v) is 2.55. The zero-order valence-corrected chi connectivity index (χ0v) is 14.0. The highest BCUT2D eigenvalue weighted by molar-refractivity contribution is 5.67. The standard InChI is InChI=1S/C16H32N2O3/c1-13(11-17-14(19)21-15(2,3)4)18-12-16(20)9-7-5-6-8-10-16/h13,18,20H,5-12H2,1-4H3,(H,17,19). The average Bonchev–Trinajstić information content (AvgIpc) is 2.57. The highest BCUT2D eigenvalue weighted by atomic mass is 16.6. The van der Waals surface area contributed by atoms with Crippen LogP contribution in [0, 0.1) is 0 Å². The molecule has 1 saturated carbocycles. The first-order valence-electron chi connectivity index (χ1n) is 8.13. The van der Waals surface area contributed by atoms with Gasteiger partial charge in [-0.05, 0) is 40.5 Å². The van der Waals surface area contributed by atoms with Crippen molar-refractivity contribution in [2.45, 2.75) is 83.5 Å². The minimum Gasteiger partial charge on any atom is -0.444 e. The Bertz CT molecular complexity index is 318. The normalized spacial score (nSPS) is 20.4. The van der Waals surface area contributed by atoms with Gasteiger partial charge in [0.25, 0.3) is 0 Å². The molecule has 0 aromatic heterocycles. The van der Waals surface area contributed by atoms with Gasteiger partial charge in [-0.15, -0.1) is 0 Å². The lowest BCUT2D eigenvalue weighted by Gasteiger charge is -2.29. The Labute approximate surface area is 128 Å². The first-order valence-corrected chi connectivity index (χ1v) is 8.13. The molecule has 0 aromatic rings. The Morgan fingerprint density at radius 2 is 1.81 bits per heavy atom. The fraction of sp³-hybridized carbons (Fsp3) is 0.938. The summed E-state index contributed by atoms with van der Waals surface area (Å²) < 4.78 is 5.19. The van der Waals surface area contributed by atoms with Crippen LogP contribution in [-0.2, 0) is 4.74 Å². The minimum absolute atomic E-state index is 0.102. The largest absolute Gasteiger partial charge is 0.444 e. The van der Waals surface area contributed by atoms with Gasteiger partial charge in [-0.2, -0.15) is 0 Å². The Kier molecular flexibility index (Phi) is 6.94. The molecule has 3 N–H and O–H groups in total. The molecule has 0 spiro atoms. The van der Waals surface area contributed by atoms with Gasteiger partial charge in [0.1, 0.15) is 5.60 Å². The van der Waals surface area contributed by atoms with E-state index in [1.165, 1.54) is 12.8 Å². The average molecular weight is 300 g/mol. The Morgan fingerprint density at radius 1 is 1.24 bits per heavy atom. The maximum Gasteiger partial charge on any atom is 0.407 e. The maximum absolute atomic E-state index is 11.6. The quantitative estimate of drug-likeness (QED) is 0.683. The Hall–Kier alpha value is -0.810. The summed E-state index contributed by atoms with van der Waals surface area (Å²) in [5.41, 5.74) is -1.06. The lowest BCUT2D eigenvalue weighted by molar-refractivity contribution is 0.0230. The molecule has 0 aromatic carbocycles. The van der Waals surface area contributed by atoms with Crippen LogP contribution < -0.4 is 10.6 Å². The van der Waals surface area contributed by atoms with Gasteiger partial charge in [0.2, 0.25) is 0 Å². The lowest BCUT2D eigenvalue weighted by Crippen LogP contribution is -2.47. The summed E-state index contributed by atoms with van der Waals surface area (Å²) in [6.45, 7) is 8.61. The minimum atomic E-state index is -0.587. The van der Waals surface area contributed by atoms with Crippen LogP contribution in [-0.4, -0.2) is 41.5 Å². The van der Waals surface area contributed by atoms with Crippen LogP contribution in [0.25, 0.3) is 0 Å². The van der Waals surface area contributed by atoms with Crippen LogP contribution in [0.5, 0.6) is 0 Å². The molecule has 21 heavy (non-hydrogen) atoms. The van der Waals surface area contributed by atoms with Crippen LogP contribution in [0.15, 0.2) is 0 Å². The summed E-state index contributed by atoms with van der Waals surface area (Å²) >= 11 is 0. The van der Waals surface area contributed by atoms with Crippen LogP contribution in [0.4, 0.5) is 4.79 Å². The molecule has 1 atom stereocenters. The maximum atomic E-state index is 11.6. The SMILES string of the molecule is CC(CNC(=O)OC(C)(C)C)NCC1(O)CCCCCC1. The molecule has 124 valence electrons. The summed E-state index contributed by atoms with van der Waals surface area (Å²) in [4.78, 5) is 11.6. The van der Waals surface area contributed by atoms with Crippen molar-refractivity contribution < 1.29 is 14.6 Å². The van der Waals surface area contributed by atoms with Crippen molar-refractivity contribution in [3.8, 4) is 0 Å². The van der Waals surface area contributed by atoms with E-state index in [1.54, 1.807) is 0 Å². The molecular formula is C16H32N2O3. The first-order chi connectivity index (χ1) is 9.70. The van der Waals surface area contributed by atoms with Crippen molar-refractivity contribution >= 4 is 6.09 Å². The van der Waals surface area contributed by atoms with E-state index in [4.69, 9.17) is 4.74 Å². The number of ether oxygens (including phenoxy) is 1. The molecule has 5 nitrogen and oxygen atoms in total. The van der Waals surface area contributed by atoms with Crippen molar-refractivity contribution in [3.63, 3.8) is 0 Å². The predicted molar refractivity (Wildman–Crippen MR) is 84.4 cm³/mol. The number of nitrogens with one attached hydrogen (secondary N) is 2. The first kappa shape index (κ1) is 18.2. The smallest absolute Gasteiger partial charge is 0.407 e. The van der Waals surface area contributed by atoms with E-state index in [-0.39, 0.29) is 6.04 Å². The number of carbonyl (C=O) groups is 1. The van der Waals surface area contributed by atoms with Gasteiger partial charge in [0, 0.05) is 19.1 Å². The van der Waals surface area contributed by atoms with Crippen molar-refractivity contribution in [2.24, 2.45) is 0 Å². The summed E-state index contributed by atoms with van der Waals surface area (Å²) in [5, 5.41) is 16.6. The van der Waals surface area contributed by atoms with Gasteiger partial charge < -0.3 is 20.5 Å². The van der Waals surface area contributed by atoms with Gasteiger partial charge in [-0.25, -0.2) is 4.79 Å². The highest BCUT2D eigenvalue weighted by Crippen LogP contribution is 2.26. The zero-order valence-electron chi connectivity index (χ0n) is 14.0. The van der Waals surface area contributed by atoms with Crippen LogP contribution in [0.2, 0.25) is 0 Å². The molecule has 0 heterocycles. The molecule has 0 saturated heterocycles. The van der Waals surface area contributed by atoms with E-state index in [0.717, 1.165) is 25.7 Å². The topological polar surface area (TPSA) is 70.6 Å². The number of hydrogen-bond donors (Lipinski definition) is 3. The second-order valence-electron chi connectivity index (χ2n) is 7.30. The van der Waals surface area contributed by atoms with E-state index in [2.05, 4.69) is 10.6 Å². The number of carbonyl (C=O) groups excluding carboxylic acids is 1. The summed E-state index contributed by atoms with van der Waals surface area (Å²) in [6.07, 6.45) is 5.98. The van der Waals surface area contributed by atoms with Gasteiger partial charge in [0.15, 0.2) is 0 Å². The number of hydrogen-bond acceptors (Lipinski definition) is 4. The second kappa shape index (κ2) is 7.99. The number of rotatable bonds is 5. The third kappa shape index (κ3) is 8.27. The van der Waals surface area contributed by atoms with E-state index in [0.29, 0.717) is 13.1 Å². The van der Waals surface area contributed by atoms with Crippen molar-refractivity contribution in [2.75, 3.05) is 13.1 Å². The molecular weight excluding hydrogens is 268 g/mol. The molecule has 0 aliphatic heterocycles. The molecule has 1 fully saturated rings. The molecule has 1 rings (SSSR count). The molecule has 1 amide bonds. The molecule has 1 unspecified atom stereocenters. The molecule has 0 bridgehead atoms. The van der Waals surface area contributed by atoms with E-state index in [9.17, 15) is 9.90 Å². The van der Waals surface area contributed by atoms with Crippen molar-refractivity contribution in [1.29, 1.82) is 0 Å². The van der Waals surface area contributed by atoms with E-state index >= 15 is 0 Å². The number of aliphatic hydroxyl groups is 1. The third-order valence-electron chi connectivity index (χ3n) is 3.77. The molecule has 1 aliphatic rings. The fourth-order valence-electron chi connectivity index (χ4n) is 2.55. The molecule has 0 radical (unpaired) electrons. The van der Waals surface area contributed by atoms with Crippen LogP contribution in [0.1, 0.15) is 66.2 Å². The third-order valence-corrected chi connectivity index (χ3v) is 3.77. The van der Waals surface area contributed by atoms with Gasteiger partial charge >= 0.3 is 6.09 Å². The summed E-state index contributed by atoms with van der Waals surface area (Å²) in [7, 11) is 0. The summed E-state index contributed by atoms with van der Waals surface area (Å²) in [6, 6.07) is 0.102.